The van der Waals surface area contributed by atoms with E-state index in [1.807, 2.05) is 20.8 Å². The fourth-order valence-electron chi connectivity index (χ4n) is 3.99. The van der Waals surface area contributed by atoms with Crippen LogP contribution in [0.1, 0.15) is 48.7 Å². The number of likely N-dealkylation sites (tertiary alicyclic amines) is 1. The lowest BCUT2D eigenvalue weighted by Gasteiger charge is -2.31. The molecule has 24 heavy (non-hydrogen) atoms. The van der Waals surface area contributed by atoms with E-state index in [1.54, 1.807) is 29.2 Å². The van der Waals surface area contributed by atoms with Gasteiger partial charge in [0.1, 0.15) is 5.60 Å². The minimum Gasteiger partial charge on any atom is -0.443 e. The first kappa shape index (κ1) is 14.9. The van der Waals surface area contributed by atoms with E-state index in [1.165, 1.54) is 0 Å². The van der Waals surface area contributed by atoms with Crippen LogP contribution < -0.4 is 0 Å². The van der Waals surface area contributed by atoms with E-state index in [-0.39, 0.29) is 17.1 Å². The second-order valence-electron chi connectivity index (χ2n) is 7.73. The molecule has 0 aromatic heterocycles. The number of piperidine rings is 1. The molecule has 0 N–H and O–H groups in total. The molecule has 1 aromatic carbocycles. The largest absolute Gasteiger partial charge is 0.443 e. The van der Waals surface area contributed by atoms with E-state index in [2.05, 4.69) is 6.07 Å². The van der Waals surface area contributed by atoms with Crippen LogP contribution in [0.5, 0.6) is 0 Å². The minimum absolute atomic E-state index is 0.115. The Balaban J connectivity index is 1.76. The average molecular weight is 322 g/mol. The maximum atomic E-state index is 12.5. The van der Waals surface area contributed by atoms with Gasteiger partial charge in [0.15, 0.2) is 5.78 Å². The zero-order chi connectivity index (χ0) is 17.3. The molecule has 122 valence electrons. The highest BCUT2D eigenvalue weighted by Crippen LogP contribution is 2.66. The van der Waals surface area contributed by atoms with Crippen LogP contribution in [-0.2, 0) is 10.2 Å². The van der Waals surface area contributed by atoms with Crippen molar-refractivity contribution in [1.82, 2.24) is 4.90 Å². The van der Waals surface area contributed by atoms with Crippen LogP contribution in [0.2, 0.25) is 0 Å². The molecule has 1 heterocycles. The van der Waals surface area contributed by atoms with Gasteiger partial charge in [0.2, 0.25) is 0 Å². The van der Waals surface area contributed by atoms with Crippen molar-refractivity contribution in [3.8, 4) is 6.07 Å². The molecule has 1 aromatic rings. The smallest absolute Gasteiger partial charge is 0.414 e. The first-order valence-electron chi connectivity index (χ1n) is 8.08. The molecular formula is C19H18N2O3. The molecule has 5 nitrogen and oxygen atoms in total. The van der Waals surface area contributed by atoms with Gasteiger partial charge in [0, 0.05) is 29.3 Å². The number of nitriles is 1. The number of carbonyl (C=O) groups is 2. The molecule has 1 saturated carbocycles. The first-order chi connectivity index (χ1) is 11.3. The molecule has 0 unspecified atom stereocenters. The second-order valence-corrected chi connectivity index (χ2v) is 7.73. The van der Waals surface area contributed by atoms with Crippen molar-refractivity contribution >= 4 is 11.9 Å². The summed E-state index contributed by atoms with van der Waals surface area (Å²) in [6.45, 7) is 6.04. The normalized spacial score (nSPS) is 26.8. The van der Waals surface area contributed by atoms with E-state index >= 15 is 0 Å². The van der Waals surface area contributed by atoms with Gasteiger partial charge in [0.05, 0.1) is 11.6 Å². The third-order valence-corrected chi connectivity index (χ3v) is 5.03. The van der Waals surface area contributed by atoms with Crippen molar-refractivity contribution in [3.63, 3.8) is 0 Å². The summed E-state index contributed by atoms with van der Waals surface area (Å²) >= 11 is 0. The topological polar surface area (TPSA) is 70.4 Å². The molecular weight excluding hydrogens is 304 g/mol. The molecule has 2 atom stereocenters. The zero-order valence-electron chi connectivity index (χ0n) is 13.9. The lowest BCUT2D eigenvalue weighted by atomic mass is 9.81. The molecule has 0 radical (unpaired) electrons. The molecule has 3 aliphatic rings. The van der Waals surface area contributed by atoms with Gasteiger partial charge < -0.3 is 4.74 Å². The maximum Gasteiger partial charge on any atom is 0.414 e. The quantitative estimate of drug-likeness (QED) is 0.735. The number of carbonyl (C=O) groups excluding carboxylic acids is 2. The van der Waals surface area contributed by atoms with Crippen LogP contribution in [0.3, 0.4) is 0 Å². The van der Waals surface area contributed by atoms with Gasteiger partial charge in [-0.05, 0) is 56.9 Å². The molecule has 5 heteroatoms. The summed E-state index contributed by atoms with van der Waals surface area (Å²) in [4.78, 5) is 26.6. The van der Waals surface area contributed by atoms with Crippen LogP contribution in [0.25, 0.3) is 0 Å². The molecule has 2 fully saturated rings. The molecule has 1 amide bonds. The zero-order valence-corrected chi connectivity index (χ0v) is 13.9. The Morgan fingerprint density at radius 2 is 2.17 bits per heavy atom. The number of hydrogen-bond acceptors (Lipinski definition) is 4. The van der Waals surface area contributed by atoms with E-state index in [0.717, 1.165) is 17.7 Å². The first-order valence-corrected chi connectivity index (χ1v) is 8.08. The number of rotatable bonds is 0. The molecule has 4 rings (SSSR count). The minimum atomic E-state index is -0.581. The molecule has 1 saturated heterocycles. The monoisotopic (exact) mass is 322 g/mol. The second kappa shape index (κ2) is 4.47. The van der Waals surface area contributed by atoms with Gasteiger partial charge >= 0.3 is 6.09 Å². The maximum absolute atomic E-state index is 12.5. The molecule has 2 aliphatic carbocycles. The highest BCUT2D eigenvalue weighted by atomic mass is 16.6. The van der Waals surface area contributed by atoms with Crippen molar-refractivity contribution in [2.24, 2.45) is 5.92 Å². The number of benzene rings is 1. The van der Waals surface area contributed by atoms with Gasteiger partial charge in [-0.25, -0.2) is 4.79 Å². The number of hydrogen-bond donors (Lipinski definition) is 0. The summed E-state index contributed by atoms with van der Waals surface area (Å²) in [6.07, 6.45) is 2.08. The SMILES string of the molecule is CC(C)(C)OC(=O)N1C[C@H]2C[C@@]23C1=CC(=O)c1ccc(C#N)cc13. The van der Waals surface area contributed by atoms with E-state index in [4.69, 9.17) is 4.74 Å². The van der Waals surface area contributed by atoms with Crippen LogP contribution in [0.15, 0.2) is 30.0 Å². The predicted octanol–water partition coefficient (Wildman–Crippen LogP) is 3.15. The predicted molar refractivity (Wildman–Crippen MR) is 86.3 cm³/mol. The van der Waals surface area contributed by atoms with Gasteiger partial charge in [-0.2, -0.15) is 5.26 Å². The number of ether oxygens (including phenoxy) is 1. The van der Waals surface area contributed by atoms with Crippen molar-refractivity contribution in [1.29, 1.82) is 5.26 Å². The molecule has 1 aliphatic heterocycles. The Bertz CT molecular complexity index is 856. The summed E-state index contributed by atoms with van der Waals surface area (Å²) in [7, 11) is 0. The third-order valence-electron chi connectivity index (χ3n) is 5.03. The van der Waals surface area contributed by atoms with E-state index < -0.39 is 11.7 Å². The van der Waals surface area contributed by atoms with Crippen molar-refractivity contribution in [2.75, 3.05) is 6.54 Å². The van der Waals surface area contributed by atoms with Crippen LogP contribution >= 0.6 is 0 Å². The Kier molecular flexibility index (Phi) is 2.79. The summed E-state index contributed by atoms with van der Waals surface area (Å²) in [6, 6.07) is 7.34. The Morgan fingerprint density at radius 3 is 2.83 bits per heavy atom. The van der Waals surface area contributed by atoms with Gasteiger partial charge in [-0.1, -0.05) is 0 Å². The van der Waals surface area contributed by atoms with Crippen molar-refractivity contribution in [3.05, 3.63) is 46.7 Å². The molecule has 0 bridgehead atoms. The van der Waals surface area contributed by atoms with Crippen molar-refractivity contribution < 1.29 is 14.3 Å². The fraction of sp³-hybridized carbons (Fsp3) is 0.421. The van der Waals surface area contributed by atoms with Crippen LogP contribution in [0.4, 0.5) is 4.79 Å². The average Bonchev–Trinajstić information content (AvgIpc) is 3.13. The summed E-state index contributed by atoms with van der Waals surface area (Å²) in [5, 5.41) is 9.18. The summed E-state index contributed by atoms with van der Waals surface area (Å²) in [5.41, 5.74) is 1.93. The Labute approximate surface area is 140 Å². The van der Waals surface area contributed by atoms with Gasteiger partial charge in [-0.3, -0.25) is 9.69 Å². The summed E-state index contributed by atoms with van der Waals surface area (Å²) in [5.74, 6) is 0.174. The highest BCUT2D eigenvalue weighted by molar-refractivity contribution is 6.09. The molecule has 1 spiro atoms. The number of nitrogens with zero attached hydrogens (tertiary/aromatic N) is 2. The number of allylic oxidation sites excluding steroid dienone is 2. The van der Waals surface area contributed by atoms with Crippen LogP contribution in [-0.4, -0.2) is 28.9 Å². The standard InChI is InChI=1S/C19H18N2O3/c1-18(2,3)24-17(23)21-10-12-8-19(12)14-6-11(9-20)4-5-13(14)15(22)7-16(19)21/h4-7,12H,8,10H2,1-3H3/t12-,19-/m1/s1. The van der Waals surface area contributed by atoms with Gasteiger partial charge in [0.25, 0.3) is 0 Å². The lowest BCUT2D eigenvalue weighted by Crippen LogP contribution is -2.37. The highest BCUT2D eigenvalue weighted by Gasteiger charge is 2.67. The third kappa shape index (κ3) is 1.92. The Morgan fingerprint density at radius 1 is 1.42 bits per heavy atom. The fourth-order valence-corrected chi connectivity index (χ4v) is 3.99. The van der Waals surface area contributed by atoms with E-state index in [9.17, 15) is 14.9 Å². The van der Waals surface area contributed by atoms with Gasteiger partial charge in [-0.15, -0.1) is 0 Å². The Hall–Kier alpha value is -2.61. The van der Waals surface area contributed by atoms with Crippen molar-refractivity contribution in [2.45, 2.75) is 38.2 Å². The number of ketones is 1. The lowest BCUT2D eigenvalue weighted by molar-refractivity contribution is 0.0322. The van der Waals surface area contributed by atoms with Crippen LogP contribution in [0, 0.1) is 17.2 Å². The number of amides is 1. The summed E-state index contributed by atoms with van der Waals surface area (Å²) < 4.78 is 5.49. The number of fused-ring (bicyclic) bond motifs is 1. The van der Waals surface area contributed by atoms with E-state index in [0.29, 0.717) is 17.7 Å².